The van der Waals surface area contributed by atoms with Crippen molar-refractivity contribution in [1.82, 2.24) is 5.32 Å². The van der Waals surface area contributed by atoms with E-state index in [0.717, 1.165) is 25.9 Å². The Morgan fingerprint density at radius 2 is 2.00 bits per heavy atom. The number of rotatable bonds is 3. The molecule has 0 saturated carbocycles. The zero-order valence-corrected chi connectivity index (χ0v) is 12.1. The van der Waals surface area contributed by atoms with E-state index in [1.165, 1.54) is 0 Å². The molecule has 18 heavy (non-hydrogen) atoms. The predicted octanol–water partition coefficient (Wildman–Crippen LogP) is 4.24. The molecule has 1 saturated heterocycles. The van der Waals surface area contributed by atoms with Crippen molar-refractivity contribution in [2.24, 2.45) is 5.92 Å². The fraction of sp³-hybridized carbons (Fsp3) is 0.571. The number of aryl methyl sites for hydroxylation is 1. The van der Waals surface area contributed by atoms with Crippen LogP contribution in [0.4, 0.5) is 8.78 Å². The molecule has 1 aliphatic heterocycles. The van der Waals surface area contributed by atoms with Gasteiger partial charge in [0.2, 0.25) is 0 Å². The van der Waals surface area contributed by atoms with Gasteiger partial charge < -0.3 is 5.32 Å². The molecule has 4 heteroatoms. The van der Waals surface area contributed by atoms with Crippen LogP contribution in [0.25, 0.3) is 0 Å². The molecule has 0 aliphatic carbocycles. The van der Waals surface area contributed by atoms with E-state index >= 15 is 0 Å². The minimum absolute atomic E-state index is 0.0357. The Bertz CT molecular complexity index is 414. The number of piperidine rings is 1. The maximum atomic E-state index is 14.3. The number of halogens is 3. The zero-order chi connectivity index (χ0) is 13.2. The third-order valence-electron chi connectivity index (χ3n) is 3.60. The summed E-state index contributed by atoms with van der Waals surface area (Å²) in [6.07, 6.45) is 1.66. The van der Waals surface area contributed by atoms with Crippen LogP contribution >= 0.6 is 15.9 Å². The first-order chi connectivity index (χ1) is 8.49. The number of benzene rings is 1. The largest absolute Gasteiger partial charge is 0.317 e. The molecule has 1 aromatic rings. The Morgan fingerprint density at radius 3 is 2.67 bits per heavy atom. The highest BCUT2D eigenvalue weighted by Gasteiger charge is 2.36. The van der Waals surface area contributed by atoms with Gasteiger partial charge in [0.25, 0.3) is 5.92 Å². The van der Waals surface area contributed by atoms with E-state index < -0.39 is 5.92 Å². The van der Waals surface area contributed by atoms with E-state index in [-0.39, 0.29) is 17.9 Å². The predicted molar refractivity (Wildman–Crippen MR) is 73.0 cm³/mol. The fourth-order valence-electron chi connectivity index (χ4n) is 2.55. The normalized spacial score (nSPS) is 18.0. The molecule has 0 unspecified atom stereocenters. The van der Waals surface area contributed by atoms with Crippen LogP contribution in [0.1, 0.15) is 30.4 Å². The molecule has 0 radical (unpaired) electrons. The summed E-state index contributed by atoms with van der Waals surface area (Å²) >= 11 is 3.27. The lowest BCUT2D eigenvalue weighted by Crippen LogP contribution is -2.31. The van der Waals surface area contributed by atoms with Gasteiger partial charge in [-0.2, -0.15) is 0 Å². The number of hydrogen-bond donors (Lipinski definition) is 1. The molecule has 1 aliphatic rings. The van der Waals surface area contributed by atoms with Crippen LogP contribution in [0.3, 0.4) is 0 Å². The third kappa shape index (κ3) is 3.29. The van der Waals surface area contributed by atoms with Gasteiger partial charge in [-0.15, -0.1) is 0 Å². The number of nitrogens with one attached hydrogen (secondary N) is 1. The zero-order valence-electron chi connectivity index (χ0n) is 10.5. The van der Waals surface area contributed by atoms with Crippen molar-refractivity contribution in [3.05, 3.63) is 33.8 Å². The Morgan fingerprint density at radius 1 is 1.33 bits per heavy atom. The van der Waals surface area contributed by atoms with Crippen LogP contribution in [0.2, 0.25) is 0 Å². The van der Waals surface area contributed by atoms with E-state index in [4.69, 9.17) is 0 Å². The number of alkyl halides is 2. The highest BCUT2D eigenvalue weighted by atomic mass is 79.9. The maximum Gasteiger partial charge on any atom is 0.273 e. The minimum atomic E-state index is -2.73. The van der Waals surface area contributed by atoms with Gasteiger partial charge in [0.1, 0.15) is 0 Å². The summed E-state index contributed by atoms with van der Waals surface area (Å²) in [5.74, 6) is -2.60. The van der Waals surface area contributed by atoms with Crippen LogP contribution in [0.5, 0.6) is 0 Å². The average Bonchev–Trinajstić information content (AvgIpc) is 2.33. The van der Waals surface area contributed by atoms with Crippen molar-refractivity contribution in [2.45, 2.75) is 32.1 Å². The summed E-state index contributed by atoms with van der Waals surface area (Å²) in [5, 5.41) is 3.21. The van der Waals surface area contributed by atoms with E-state index in [1.807, 2.05) is 0 Å². The second-order valence-corrected chi connectivity index (χ2v) is 5.98. The Balaban J connectivity index is 2.15. The van der Waals surface area contributed by atoms with E-state index in [2.05, 4.69) is 21.2 Å². The van der Waals surface area contributed by atoms with Crippen molar-refractivity contribution in [3.63, 3.8) is 0 Å². The second-order valence-electron chi connectivity index (χ2n) is 5.06. The molecule has 0 atom stereocenters. The van der Waals surface area contributed by atoms with Gasteiger partial charge in [-0.05, 0) is 56.5 Å². The summed E-state index contributed by atoms with van der Waals surface area (Å²) in [6, 6.07) is 5.10. The van der Waals surface area contributed by atoms with Crippen LogP contribution in [0.15, 0.2) is 22.7 Å². The van der Waals surface area contributed by atoms with Crippen molar-refractivity contribution in [2.75, 3.05) is 13.1 Å². The second kappa shape index (κ2) is 5.66. The van der Waals surface area contributed by atoms with Crippen molar-refractivity contribution in [1.29, 1.82) is 0 Å². The van der Waals surface area contributed by atoms with Crippen LogP contribution in [-0.2, 0) is 5.92 Å². The molecule has 2 rings (SSSR count). The van der Waals surface area contributed by atoms with Crippen molar-refractivity contribution >= 4 is 15.9 Å². The number of hydrogen-bond acceptors (Lipinski definition) is 1. The average molecular weight is 318 g/mol. The minimum Gasteiger partial charge on any atom is -0.317 e. The monoisotopic (exact) mass is 317 g/mol. The van der Waals surface area contributed by atoms with Gasteiger partial charge in [0.15, 0.2) is 0 Å². The molecule has 1 fully saturated rings. The van der Waals surface area contributed by atoms with Crippen LogP contribution < -0.4 is 5.32 Å². The molecule has 0 amide bonds. The highest BCUT2D eigenvalue weighted by molar-refractivity contribution is 9.10. The first-order valence-corrected chi connectivity index (χ1v) is 7.13. The first kappa shape index (κ1) is 13.9. The third-order valence-corrected chi connectivity index (χ3v) is 4.09. The highest BCUT2D eigenvalue weighted by Crippen LogP contribution is 2.39. The summed E-state index contributed by atoms with van der Waals surface area (Å²) in [6.45, 7) is 3.47. The van der Waals surface area contributed by atoms with Crippen LogP contribution in [-0.4, -0.2) is 13.1 Å². The molecule has 1 heterocycles. The molecular formula is C14H18BrF2N. The van der Waals surface area contributed by atoms with Crippen molar-refractivity contribution < 1.29 is 8.78 Å². The lowest BCUT2D eigenvalue weighted by atomic mass is 9.88. The quantitative estimate of drug-likeness (QED) is 0.879. The molecule has 1 nitrogen and oxygen atoms in total. The van der Waals surface area contributed by atoms with Crippen LogP contribution in [0, 0.1) is 12.8 Å². The first-order valence-electron chi connectivity index (χ1n) is 6.34. The Labute approximate surface area is 115 Å². The molecule has 0 bridgehead atoms. The topological polar surface area (TPSA) is 12.0 Å². The molecule has 1 N–H and O–H groups in total. The SMILES string of the molecule is Cc1ccc(Br)cc1C(F)(F)CC1CCNCC1. The molecular weight excluding hydrogens is 300 g/mol. The molecule has 0 spiro atoms. The molecule has 0 aromatic heterocycles. The standard InChI is InChI=1S/C14H18BrF2N/c1-10-2-3-12(15)8-13(10)14(16,17)9-11-4-6-18-7-5-11/h2-3,8,11,18H,4-7,9H2,1H3. The van der Waals surface area contributed by atoms with Gasteiger partial charge in [-0.3, -0.25) is 0 Å². The maximum absolute atomic E-state index is 14.3. The van der Waals surface area contributed by atoms with Gasteiger partial charge >= 0.3 is 0 Å². The Kier molecular flexibility index (Phi) is 4.38. The Hall–Kier alpha value is -0.480. The van der Waals surface area contributed by atoms with E-state index in [0.29, 0.717) is 10.0 Å². The van der Waals surface area contributed by atoms with E-state index in [1.54, 1.807) is 25.1 Å². The summed E-state index contributed by atoms with van der Waals surface area (Å²) < 4.78 is 29.4. The van der Waals surface area contributed by atoms with E-state index in [9.17, 15) is 8.78 Å². The molecule has 100 valence electrons. The lowest BCUT2D eigenvalue weighted by molar-refractivity contribution is -0.0332. The summed E-state index contributed by atoms with van der Waals surface area (Å²) in [5.41, 5.74) is 0.826. The summed E-state index contributed by atoms with van der Waals surface area (Å²) in [4.78, 5) is 0. The molecule has 1 aromatic carbocycles. The van der Waals surface area contributed by atoms with Gasteiger partial charge in [0, 0.05) is 16.5 Å². The van der Waals surface area contributed by atoms with Gasteiger partial charge in [-0.25, -0.2) is 8.78 Å². The lowest BCUT2D eigenvalue weighted by Gasteiger charge is -2.28. The van der Waals surface area contributed by atoms with Gasteiger partial charge in [-0.1, -0.05) is 22.0 Å². The smallest absolute Gasteiger partial charge is 0.273 e. The summed E-state index contributed by atoms with van der Waals surface area (Å²) in [7, 11) is 0. The van der Waals surface area contributed by atoms with Gasteiger partial charge in [0.05, 0.1) is 0 Å². The fourth-order valence-corrected chi connectivity index (χ4v) is 2.91. The van der Waals surface area contributed by atoms with Crippen molar-refractivity contribution in [3.8, 4) is 0 Å².